The van der Waals surface area contributed by atoms with Crippen molar-refractivity contribution in [3.05, 3.63) is 59.5 Å². The van der Waals surface area contributed by atoms with E-state index in [1.54, 1.807) is 7.11 Å². The number of piperidine rings is 1. The SMILES string of the molecule is COc1cccc(-c2csc(NC(=O)c3ccc(S(=O)(=O)N4CCC(C)CC4)cc3)n2)c1. The predicted octanol–water partition coefficient (Wildman–Crippen LogP) is 4.49. The van der Waals surface area contributed by atoms with Gasteiger partial charge in [0.1, 0.15) is 5.75 Å². The number of hydrogen-bond acceptors (Lipinski definition) is 6. The summed E-state index contributed by atoms with van der Waals surface area (Å²) in [6.07, 6.45) is 1.73. The van der Waals surface area contributed by atoms with Crippen LogP contribution in [0.5, 0.6) is 5.75 Å². The molecule has 32 heavy (non-hydrogen) atoms. The predicted molar refractivity (Wildman–Crippen MR) is 126 cm³/mol. The van der Waals surface area contributed by atoms with Crippen molar-refractivity contribution in [2.24, 2.45) is 5.92 Å². The first-order chi connectivity index (χ1) is 15.4. The van der Waals surface area contributed by atoms with E-state index in [1.165, 1.54) is 39.9 Å². The smallest absolute Gasteiger partial charge is 0.257 e. The van der Waals surface area contributed by atoms with Gasteiger partial charge >= 0.3 is 0 Å². The standard InChI is InChI=1S/C23H25N3O4S2/c1-16-10-12-26(13-11-16)32(28,29)20-8-6-17(7-9-20)22(27)25-23-24-21(15-31-23)18-4-3-5-19(14-18)30-2/h3-9,14-16H,10-13H2,1-2H3,(H,24,25,27). The van der Waals surface area contributed by atoms with E-state index >= 15 is 0 Å². The van der Waals surface area contributed by atoms with Gasteiger partial charge in [-0.2, -0.15) is 4.31 Å². The number of methoxy groups -OCH3 is 1. The van der Waals surface area contributed by atoms with Gasteiger partial charge < -0.3 is 4.74 Å². The molecular weight excluding hydrogens is 446 g/mol. The molecule has 9 heteroatoms. The number of nitrogens with zero attached hydrogens (tertiary/aromatic N) is 2. The third-order valence-electron chi connectivity index (χ3n) is 5.59. The fourth-order valence-corrected chi connectivity index (χ4v) is 5.75. The van der Waals surface area contributed by atoms with E-state index in [9.17, 15) is 13.2 Å². The monoisotopic (exact) mass is 471 g/mol. The Bertz CT molecular complexity index is 1200. The van der Waals surface area contributed by atoms with E-state index in [2.05, 4.69) is 17.2 Å². The van der Waals surface area contributed by atoms with Gasteiger partial charge in [-0.15, -0.1) is 11.3 Å². The number of aromatic nitrogens is 1. The van der Waals surface area contributed by atoms with Crippen LogP contribution in [0, 0.1) is 5.92 Å². The molecule has 1 amide bonds. The number of thiazole rings is 1. The van der Waals surface area contributed by atoms with Crippen LogP contribution in [0.25, 0.3) is 11.3 Å². The molecule has 1 aliphatic heterocycles. The van der Waals surface area contributed by atoms with Crippen molar-refractivity contribution in [2.45, 2.75) is 24.7 Å². The highest BCUT2D eigenvalue weighted by molar-refractivity contribution is 7.89. The topological polar surface area (TPSA) is 88.6 Å². The number of rotatable bonds is 6. The van der Waals surface area contributed by atoms with Crippen molar-refractivity contribution in [1.29, 1.82) is 0 Å². The Morgan fingerprint density at radius 3 is 2.56 bits per heavy atom. The average molecular weight is 472 g/mol. The number of hydrogen-bond donors (Lipinski definition) is 1. The van der Waals surface area contributed by atoms with Crippen LogP contribution in [0.15, 0.2) is 58.8 Å². The number of nitrogens with one attached hydrogen (secondary N) is 1. The van der Waals surface area contributed by atoms with Gasteiger partial charge in [0.2, 0.25) is 10.0 Å². The molecule has 4 rings (SSSR count). The second kappa shape index (κ2) is 9.40. The fourth-order valence-electron chi connectivity index (χ4n) is 3.57. The van der Waals surface area contributed by atoms with Gasteiger partial charge in [0.15, 0.2) is 5.13 Å². The Morgan fingerprint density at radius 2 is 1.88 bits per heavy atom. The van der Waals surface area contributed by atoms with Gasteiger partial charge in [-0.25, -0.2) is 13.4 Å². The molecular formula is C23H25N3O4S2. The summed E-state index contributed by atoms with van der Waals surface area (Å²) in [7, 11) is -1.93. The molecule has 2 aromatic carbocycles. The van der Waals surface area contributed by atoms with Crippen molar-refractivity contribution < 1.29 is 17.9 Å². The number of amides is 1. The minimum Gasteiger partial charge on any atom is -0.497 e. The van der Waals surface area contributed by atoms with Gasteiger partial charge in [-0.1, -0.05) is 19.1 Å². The normalized spacial score (nSPS) is 15.4. The minimum absolute atomic E-state index is 0.207. The molecule has 3 aromatic rings. The molecule has 1 N–H and O–H groups in total. The van der Waals surface area contributed by atoms with E-state index in [1.807, 2.05) is 29.6 Å². The quantitative estimate of drug-likeness (QED) is 0.572. The average Bonchev–Trinajstić information content (AvgIpc) is 3.28. The van der Waals surface area contributed by atoms with Gasteiger partial charge in [-0.3, -0.25) is 10.1 Å². The summed E-state index contributed by atoms with van der Waals surface area (Å²) in [5.41, 5.74) is 2.00. The molecule has 1 fully saturated rings. The second-order valence-corrected chi connectivity index (χ2v) is 10.6. The van der Waals surface area contributed by atoms with Crippen molar-refractivity contribution in [3.63, 3.8) is 0 Å². The Balaban J connectivity index is 1.44. The molecule has 1 aromatic heterocycles. The molecule has 168 valence electrons. The fraction of sp³-hybridized carbons (Fsp3) is 0.304. The maximum Gasteiger partial charge on any atom is 0.257 e. The van der Waals surface area contributed by atoms with Gasteiger partial charge in [0.05, 0.1) is 17.7 Å². The molecule has 1 saturated heterocycles. The van der Waals surface area contributed by atoms with Crippen LogP contribution in [0.3, 0.4) is 0 Å². The summed E-state index contributed by atoms with van der Waals surface area (Å²) in [6, 6.07) is 13.6. The summed E-state index contributed by atoms with van der Waals surface area (Å²) in [4.78, 5) is 17.3. The third-order valence-corrected chi connectivity index (χ3v) is 8.26. The lowest BCUT2D eigenvalue weighted by molar-refractivity contribution is 0.102. The van der Waals surface area contributed by atoms with E-state index in [0.717, 1.165) is 29.8 Å². The lowest BCUT2D eigenvalue weighted by Gasteiger charge is -2.29. The molecule has 2 heterocycles. The molecule has 0 radical (unpaired) electrons. The maximum atomic E-state index is 12.9. The minimum atomic E-state index is -3.54. The summed E-state index contributed by atoms with van der Waals surface area (Å²) in [5, 5.41) is 5.11. The van der Waals surface area contributed by atoms with Gasteiger partial charge in [0, 0.05) is 29.6 Å². The lowest BCUT2D eigenvalue weighted by Crippen LogP contribution is -2.37. The number of benzene rings is 2. The first-order valence-corrected chi connectivity index (χ1v) is 12.7. The van der Waals surface area contributed by atoms with Crippen molar-refractivity contribution in [3.8, 4) is 17.0 Å². The summed E-state index contributed by atoms with van der Waals surface area (Å²) in [5.74, 6) is 0.935. The first-order valence-electron chi connectivity index (χ1n) is 10.4. The van der Waals surface area contributed by atoms with E-state index in [0.29, 0.717) is 29.7 Å². The van der Waals surface area contributed by atoms with E-state index in [4.69, 9.17) is 4.74 Å². The molecule has 0 aliphatic carbocycles. The number of carbonyl (C=O) groups is 1. The highest BCUT2D eigenvalue weighted by Crippen LogP contribution is 2.28. The van der Waals surface area contributed by atoms with Crippen LogP contribution >= 0.6 is 11.3 Å². The number of sulfonamides is 1. The van der Waals surface area contributed by atoms with Crippen molar-refractivity contribution in [1.82, 2.24) is 9.29 Å². The molecule has 1 aliphatic rings. The Kier molecular flexibility index (Phi) is 6.59. The van der Waals surface area contributed by atoms with Gasteiger partial charge in [0.25, 0.3) is 5.91 Å². The largest absolute Gasteiger partial charge is 0.497 e. The Hall–Kier alpha value is -2.75. The highest BCUT2D eigenvalue weighted by Gasteiger charge is 2.28. The van der Waals surface area contributed by atoms with Gasteiger partial charge in [-0.05, 0) is 55.2 Å². The summed E-state index contributed by atoms with van der Waals surface area (Å²) in [6.45, 7) is 3.20. The van der Waals surface area contributed by atoms with E-state index in [-0.39, 0.29) is 10.8 Å². The molecule has 0 bridgehead atoms. The van der Waals surface area contributed by atoms with E-state index < -0.39 is 10.0 Å². The number of carbonyl (C=O) groups excluding carboxylic acids is 1. The highest BCUT2D eigenvalue weighted by atomic mass is 32.2. The van der Waals surface area contributed by atoms with Crippen molar-refractivity contribution >= 4 is 32.4 Å². The van der Waals surface area contributed by atoms with Crippen LogP contribution in [0.4, 0.5) is 5.13 Å². The molecule has 0 unspecified atom stereocenters. The Morgan fingerprint density at radius 1 is 1.16 bits per heavy atom. The van der Waals surface area contributed by atoms with Crippen LogP contribution in [-0.2, 0) is 10.0 Å². The molecule has 0 atom stereocenters. The van der Waals surface area contributed by atoms with Crippen LogP contribution in [0.1, 0.15) is 30.1 Å². The maximum absolute atomic E-state index is 12.9. The van der Waals surface area contributed by atoms with Crippen LogP contribution in [0.2, 0.25) is 0 Å². The second-order valence-electron chi connectivity index (χ2n) is 7.83. The first kappa shape index (κ1) is 22.4. The zero-order valence-corrected chi connectivity index (χ0v) is 19.6. The van der Waals surface area contributed by atoms with Crippen molar-refractivity contribution in [2.75, 3.05) is 25.5 Å². The molecule has 7 nitrogen and oxygen atoms in total. The summed E-state index contributed by atoms with van der Waals surface area (Å²) < 4.78 is 32.5. The lowest BCUT2D eigenvalue weighted by atomic mass is 10.0. The zero-order chi connectivity index (χ0) is 22.7. The Labute approximate surface area is 192 Å². The summed E-state index contributed by atoms with van der Waals surface area (Å²) >= 11 is 1.32. The number of anilines is 1. The zero-order valence-electron chi connectivity index (χ0n) is 17.9. The number of ether oxygens (including phenoxy) is 1. The van der Waals surface area contributed by atoms with Crippen LogP contribution in [-0.4, -0.2) is 43.8 Å². The van der Waals surface area contributed by atoms with Crippen LogP contribution < -0.4 is 10.1 Å². The third kappa shape index (κ3) is 4.85. The molecule has 0 saturated carbocycles. The molecule has 0 spiro atoms.